The van der Waals surface area contributed by atoms with Crippen molar-refractivity contribution in [1.82, 2.24) is 9.97 Å². The van der Waals surface area contributed by atoms with E-state index in [0.29, 0.717) is 0 Å². The van der Waals surface area contributed by atoms with E-state index in [1.54, 1.807) is 0 Å². The summed E-state index contributed by atoms with van der Waals surface area (Å²) in [6, 6.07) is 0. The van der Waals surface area contributed by atoms with Crippen LogP contribution in [0, 0.1) is 6.92 Å². The number of aryl methyl sites for hydroxylation is 2. The maximum atomic E-state index is 10.6. The molecule has 4 heteroatoms. The molecule has 1 N–H and O–H groups in total. The predicted octanol–water partition coefficient (Wildman–Crippen LogP) is 1.29. The molecule has 1 atom stereocenters. The largest absolute Gasteiger partial charge is 0.481 e. The molecule has 2 rings (SSSR count). The Morgan fingerprint density at radius 2 is 2.50 bits per heavy atom. The number of hydrogen-bond donors (Lipinski definition) is 1. The van der Waals surface area contributed by atoms with Gasteiger partial charge in [-0.05, 0) is 25.3 Å². The molecule has 4 nitrogen and oxygen atoms in total. The van der Waals surface area contributed by atoms with Gasteiger partial charge in [-0.25, -0.2) is 9.97 Å². The molecule has 1 aromatic heterocycles. The van der Waals surface area contributed by atoms with Crippen LogP contribution in [0.5, 0.6) is 0 Å². The number of carboxylic acids is 1. The zero-order valence-corrected chi connectivity index (χ0v) is 8.03. The van der Waals surface area contributed by atoms with E-state index in [1.807, 2.05) is 13.1 Å². The van der Waals surface area contributed by atoms with Gasteiger partial charge in [-0.2, -0.15) is 0 Å². The summed E-state index contributed by atoms with van der Waals surface area (Å²) >= 11 is 0. The molecule has 0 aromatic carbocycles. The summed E-state index contributed by atoms with van der Waals surface area (Å²) in [6.07, 6.45) is 3.80. The van der Waals surface area contributed by atoms with Crippen molar-refractivity contribution in [3.05, 3.63) is 23.3 Å². The molecule has 0 amide bonds. The summed E-state index contributed by atoms with van der Waals surface area (Å²) in [5.74, 6) is 0.0596. The van der Waals surface area contributed by atoms with Crippen LogP contribution in [0.3, 0.4) is 0 Å². The van der Waals surface area contributed by atoms with Gasteiger partial charge < -0.3 is 5.11 Å². The zero-order chi connectivity index (χ0) is 10.1. The van der Waals surface area contributed by atoms with Crippen LogP contribution >= 0.6 is 0 Å². The SMILES string of the molecule is Cc1ncc2c(n1)C(CC(=O)O)CC2. The molecule has 1 unspecified atom stereocenters. The standard InChI is InChI=1S/C10H12N2O2/c1-6-11-5-8-3-2-7(4-9(13)14)10(8)12-6/h5,7H,2-4H2,1H3,(H,13,14). The summed E-state index contributed by atoms with van der Waals surface area (Å²) in [5.41, 5.74) is 2.06. The molecule has 0 aliphatic heterocycles. The van der Waals surface area contributed by atoms with Gasteiger partial charge in [-0.3, -0.25) is 4.79 Å². The Kier molecular flexibility index (Phi) is 2.19. The molecule has 1 aliphatic rings. The minimum Gasteiger partial charge on any atom is -0.481 e. The highest BCUT2D eigenvalue weighted by atomic mass is 16.4. The molecule has 1 heterocycles. The summed E-state index contributed by atoms with van der Waals surface area (Å²) in [7, 11) is 0. The summed E-state index contributed by atoms with van der Waals surface area (Å²) in [6.45, 7) is 1.83. The van der Waals surface area contributed by atoms with Crippen LogP contribution in [0.2, 0.25) is 0 Å². The number of nitrogens with zero attached hydrogens (tertiary/aromatic N) is 2. The zero-order valence-electron chi connectivity index (χ0n) is 8.03. The Hall–Kier alpha value is -1.45. The van der Waals surface area contributed by atoms with Gasteiger partial charge in [0.1, 0.15) is 5.82 Å². The maximum absolute atomic E-state index is 10.6. The lowest BCUT2D eigenvalue weighted by Crippen LogP contribution is -2.05. The summed E-state index contributed by atoms with van der Waals surface area (Å²) in [5, 5.41) is 8.73. The number of rotatable bonds is 2. The van der Waals surface area contributed by atoms with E-state index in [1.165, 1.54) is 0 Å². The van der Waals surface area contributed by atoms with E-state index >= 15 is 0 Å². The van der Waals surface area contributed by atoms with Gasteiger partial charge in [0.15, 0.2) is 0 Å². The van der Waals surface area contributed by atoms with Crippen LogP contribution in [-0.2, 0) is 11.2 Å². The number of fused-ring (bicyclic) bond motifs is 1. The lowest BCUT2D eigenvalue weighted by molar-refractivity contribution is -0.137. The van der Waals surface area contributed by atoms with Crippen molar-refractivity contribution in [2.75, 3.05) is 0 Å². The smallest absolute Gasteiger partial charge is 0.304 e. The third-order valence-electron chi connectivity index (χ3n) is 2.59. The van der Waals surface area contributed by atoms with E-state index < -0.39 is 5.97 Å². The molecule has 14 heavy (non-hydrogen) atoms. The average Bonchev–Trinajstić information content (AvgIpc) is 2.47. The lowest BCUT2D eigenvalue weighted by Gasteiger charge is -2.06. The van der Waals surface area contributed by atoms with Crippen LogP contribution < -0.4 is 0 Å². The summed E-state index contributed by atoms with van der Waals surface area (Å²) in [4.78, 5) is 19.0. The van der Waals surface area contributed by atoms with Gasteiger partial charge in [-0.1, -0.05) is 0 Å². The minimum atomic E-state index is -0.751. The minimum absolute atomic E-state index is 0.0872. The number of aromatic nitrogens is 2. The fourth-order valence-electron chi connectivity index (χ4n) is 1.93. The highest BCUT2D eigenvalue weighted by Crippen LogP contribution is 2.33. The Balaban J connectivity index is 2.28. The van der Waals surface area contributed by atoms with Crippen molar-refractivity contribution in [2.24, 2.45) is 0 Å². The molecule has 1 aliphatic carbocycles. The lowest BCUT2D eigenvalue weighted by atomic mass is 10.0. The molecular weight excluding hydrogens is 180 g/mol. The van der Waals surface area contributed by atoms with Crippen LogP contribution in [0.4, 0.5) is 0 Å². The van der Waals surface area contributed by atoms with Gasteiger partial charge >= 0.3 is 5.97 Å². The van der Waals surface area contributed by atoms with E-state index in [4.69, 9.17) is 5.11 Å². The second-order valence-electron chi connectivity index (χ2n) is 3.66. The number of hydrogen-bond acceptors (Lipinski definition) is 3. The third kappa shape index (κ3) is 1.60. The van der Waals surface area contributed by atoms with Crippen LogP contribution in [-0.4, -0.2) is 21.0 Å². The Labute approximate surface area is 82.0 Å². The van der Waals surface area contributed by atoms with Crippen LogP contribution in [0.15, 0.2) is 6.20 Å². The molecule has 74 valence electrons. The van der Waals surface area contributed by atoms with Crippen molar-refractivity contribution < 1.29 is 9.90 Å². The van der Waals surface area contributed by atoms with E-state index in [0.717, 1.165) is 29.9 Å². The third-order valence-corrected chi connectivity index (χ3v) is 2.59. The molecular formula is C10H12N2O2. The molecule has 0 saturated carbocycles. The molecule has 0 radical (unpaired) electrons. The fraction of sp³-hybridized carbons (Fsp3) is 0.500. The first-order valence-electron chi connectivity index (χ1n) is 4.71. The first-order valence-corrected chi connectivity index (χ1v) is 4.71. The highest BCUT2D eigenvalue weighted by Gasteiger charge is 2.26. The molecule has 0 saturated heterocycles. The quantitative estimate of drug-likeness (QED) is 0.766. The normalized spacial score (nSPS) is 19.4. The van der Waals surface area contributed by atoms with Crippen molar-refractivity contribution >= 4 is 5.97 Å². The first kappa shape index (κ1) is 9.12. The van der Waals surface area contributed by atoms with Crippen LogP contribution in [0.25, 0.3) is 0 Å². The second-order valence-corrected chi connectivity index (χ2v) is 3.66. The Bertz CT molecular complexity index is 376. The summed E-state index contributed by atoms with van der Waals surface area (Å²) < 4.78 is 0. The van der Waals surface area contributed by atoms with Gasteiger partial charge in [0.05, 0.1) is 12.1 Å². The predicted molar refractivity (Wildman–Crippen MR) is 50.1 cm³/mol. The highest BCUT2D eigenvalue weighted by molar-refractivity contribution is 5.68. The van der Waals surface area contributed by atoms with Crippen molar-refractivity contribution in [3.8, 4) is 0 Å². The maximum Gasteiger partial charge on any atom is 0.304 e. The van der Waals surface area contributed by atoms with Crippen molar-refractivity contribution in [2.45, 2.75) is 32.1 Å². The van der Waals surface area contributed by atoms with Gasteiger partial charge in [0, 0.05) is 12.1 Å². The van der Waals surface area contributed by atoms with Crippen LogP contribution in [0.1, 0.15) is 35.8 Å². The van der Waals surface area contributed by atoms with Gasteiger partial charge in [0.2, 0.25) is 0 Å². The number of carboxylic acid groups (broad SMARTS) is 1. The van der Waals surface area contributed by atoms with Crippen molar-refractivity contribution in [3.63, 3.8) is 0 Å². The Morgan fingerprint density at radius 1 is 1.71 bits per heavy atom. The number of carbonyl (C=O) groups is 1. The Morgan fingerprint density at radius 3 is 3.21 bits per heavy atom. The average molecular weight is 192 g/mol. The van der Waals surface area contributed by atoms with E-state index in [9.17, 15) is 4.79 Å². The van der Waals surface area contributed by atoms with E-state index in [-0.39, 0.29) is 12.3 Å². The topological polar surface area (TPSA) is 63.1 Å². The fourth-order valence-corrected chi connectivity index (χ4v) is 1.93. The molecule has 0 fully saturated rings. The molecule has 0 spiro atoms. The monoisotopic (exact) mass is 192 g/mol. The molecule has 0 bridgehead atoms. The van der Waals surface area contributed by atoms with E-state index in [2.05, 4.69) is 9.97 Å². The number of aliphatic carboxylic acids is 1. The second kappa shape index (κ2) is 3.36. The van der Waals surface area contributed by atoms with Crippen molar-refractivity contribution in [1.29, 1.82) is 0 Å². The van der Waals surface area contributed by atoms with Gasteiger partial charge in [0.25, 0.3) is 0 Å². The van der Waals surface area contributed by atoms with Gasteiger partial charge in [-0.15, -0.1) is 0 Å². The first-order chi connectivity index (χ1) is 6.66. The molecule has 1 aromatic rings.